The molecule has 5 aromatic rings. The molecule has 95 heavy (non-hydrogen) atoms. The number of carbonyl (C=O) groups excluding carboxylic acids is 9. The summed E-state index contributed by atoms with van der Waals surface area (Å²) in [4.78, 5) is 164. The number of likely N-dealkylation sites (N-methyl/N-ethyl adjacent to an activating group) is 1. The van der Waals surface area contributed by atoms with Crippen molar-refractivity contribution < 1.29 is 108 Å². The van der Waals surface area contributed by atoms with Crippen molar-refractivity contribution in [3.05, 3.63) is 55.1 Å². The number of primary amides is 1. The van der Waals surface area contributed by atoms with Gasteiger partial charge in [-0.05, 0) is 48.3 Å². The average Bonchev–Trinajstić information content (AvgIpc) is 1.62. The third kappa shape index (κ3) is 19.7. The van der Waals surface area contributed by atoms with Gasteiger partial charge in [0.1, 0.15) is 62.3 Å². The van der Waals surface area contributed by atoms with Crippen molar-refractivity contribution in [3.63, 3.8) is 0 Å². The van der Waals surface area contributed by atoms with Crippen LogP contribution in [-0.2, 0) is 93.8 Å². The van der Waals surface area contributed by atoms with Crippen molar-refractivity contribution in [2.45, 2.75) is 121 Å². The normalized spacial score (nSPS) is 20.8. The Labute approximate surface area is 542 Å². The van der Waals surface area contributed by atoms with Crippen LogP contribution < -0.4 is 38.1 Å². The van der Waals surface area contributed by atoms with Crippen molar-refractivity contribution in [1.29, 1.82) is 0 Å². The summed E-state index contributed by atoms with van der Waals surface area (Å²) in [5, 5.41) is 13.2. The fraction of sp³-hybridized carbons (Fsp3) is 0.519. The van der Waals surface area contributed by atoms with E-state index in [4.69, 9.17) is 65.4 Å². The molecule has 0 saturated carbocycles. The number of nitrogens with two attached hydrogens (primary N) is 2. The smallest absolute Gasteiger partial charge is 0.447 e. The number of nitrogens with one attached hydrogen (secondary N) is 5. The number of alkyl halides is 2. The molecule has 3 aliphatic rings. The molecule has 4 aromatic heterocycles. The lowest BCUT2D eigenvalue weighted by Gasteiger charge is -2.25. The number of imidazole rings is 2. The van der Waals surface area contributed by atoms with E-state index in [9.17, 15) is 57.5 Å². The van der Waals surface area contributed by atoms with E-state index in [1.54, 1.807) is 26.0 Å². The number of benzene rings is 1. The predicted molar refractivity (Wildman–Crippen MR) is 321 cm³/mol. The van der Waals surface area contributed by atoms with Gasteiger partial charge < -0.3 is 71.0 Å². The summed E-state index contributed by atoms with van der Waals surface area (Å²) in [6, 6.07) is 3.04. The molecule has 11 N–H and O–H groups in total. The van der Waals surface area contributed by atoms with Gasteiger partial charge in [-0.1, -0.05) is 26.0 Å². The minimum Gasteiger partial charge on any atom is -0.447 e. The molecule has 0 spiro atoms. The van der Waals surface area contributed by atoms with Crippen LogP contribution in [0.25, 0.3) is 22.3 Å². The van der Waals surface area contributed by atoms with E-state index in [2.05, 4.69) is 56.5 Å². The number of amides is 9. The van der Waals surface area contributed by atoms with Crippen LogP contribution in [0.5, 0.6) is 0 Å². The molecule has 7 heterocycles. The Morgan fingerprint density at radius 2 is 1.54 bits per heavy atom. The third-order valence-corrected chi connectivity index (χ3v) is 16.1. The highest BCUT2D eigenvalue weighted by molar-refractivity contribution is 8.07. The number of rotatable bonds is 32. The Kier molecular flexibility index (Phi) is 25.1. The maximum Gasteiger partial charge on any atom is 0.694 e. The zero-order chi connectivity index (χ0) is 68.7. The van der Waals surface area contributed by atoms with Crippen LogP contribution in [0.1, 0.15) is 76.8 Å². The van der Waals surface area contributed by atoms with Gasteiger partial charge in [0.05, 0.1) is 38.8 Å². The number of nitrogens with zero attached hydrogens (tertiary/aromatic N) is 10. The number of urea groups is 1. The van der Waals surface area contributed by atoms with E-state index < -0.39 is 143 Å². The summed E-state index contributed by atoms with van der Waals surface area (Å²) in [5.74, 6) is -4.73. The van der Waals surface area contributed by atoms with Crippen molar-refractivity contribution in [2.75, 3.05) is 62.9 Å². The van der Waals surface area contributed by atoms with Crippen molar-refractivity contribution in [1.82, 2.24) is 65.0 Å². The summed E-state index contributed by atoms with van der Waals surface area (Å²) < 4.78 is 89.3. The highest BCUT2D eigenvalue weighted by atomic mass is 32.5. The number of hydroxylamine groups is 2. The zero-order valence-electron chi connectivity index (χ0n) is 50.6. The monoisotopic (exact) mass is 1400 g/mol. The Morgan fingerprint density at radius 3 is 2.23 bits per heavy atom. The standard InChI is InChI=1S/C52H65F2N17O21P2S/c1-26(2)38(66-32(72)12-16-84-17-13-35(75)90-71-33(73)10-11-34(71)74)47(77)65-30(5-4-14-57-50(56)78)46(76)64-28-8-6-27(7-9-28)20-86-52(80)68(3)15-18-85-51(79)67-43-40-45(61-23-59-43)70(25-63-40)49-37(54)41(31(88-49)21-87-93(81)82)92-94(83,95)91-36-19-29(53)48(89-36)69-24-62-39-42(55)58-22-60-44(39)69/h6-9,22-26,29-31,36-38,41,48-49H,4-5,10-21H2,1-3H3,(H10-,55,56,57,58,59,60,61,64,65,66,67,72,76,77,78,79,81,82,83,95)/p+1. The second kappa shape index (κ2) is 33.1. The van der Waals surface area contributed by atoms with Gasteiger partial charge in [-0.15, -0.1) is 14.5 Å². The van der Waals surface area contributed by atoms with Gasteiger partial charge in [-0.2, -0.15) is 0 Å². The number of carbonyl (C=O) groups is 9. The zero-order valence-corrected chi connectivity index (χ0v) is 53.2. The molecule has 9 amide bonds. The predicted octanol–water partition coefficient (Wildman–Crippen LogP) is 1.59. The number of ether oxygens (including phenoxy) is 5. The summed E-state index contributed by atoms with van der Waals surface area (Å²) in [5.41, 5.74) is 11.9. The van der Waals surface area contributed by atoms with Crippen molar-refractivity contribution in [2.24, 2.45) is 11.7 Å². The van der Waals surface area contributed by atoms with Crippen LogP contribution in [0.2, 0.25) is 0 Å². The van der Waals surface area contributed by atoms with Gasteiger partial charge in [-0.3, -0.25) is 47.5 Å². The Morgan fingerprint density at radius 1 is 0.863 bits per heavy atom. The van der Waals surface area contributed by atoms with E-state index >= 15 is 8.78 Å². The van der Waals surface area contributed by atoms with Crippen LogP contribution >= 0.6 is 15.0 Å². The first kappa shape index (κ1) is 72.1. The van der Waals surface area contributed by atoms with Gasteiger partial charge >= 0.3 is 39.2 Å². The van der Waals surface area contributed by atoms with E-state index in [1.807, 2.05) is 0 Å². The van der Waals surface area contributed by atoms with Crippen molar-refractivity contribution >= 4 is 120 Å². The number of fused-ring (bicyclic) bond motifs is 2. The lowest BCUT2D eigenvalue weighted by atomic mass is 10.0. The summed E-state index contributed by atoms with van der Waals surface area (Å²) in [6.45, 7) is -3.05. The van der Waals surface area contributed by atoms with Crippen molar-refractivity contribution in [3.8, 4) is 0 Å². The first-order chi connectivity index (χ1) is 45.2. The van der Waals surface area contributed by atoms with E-state index in [1.165, 1.54) is 30.1 Å². The second-order valence-corrected chi connectivity index (χ2v) is 24.9. The van der Waals surface area contributed by atoms with Crippen LogP contribution in [0.3, 0.4) is 0 Å². The summed E-state index contributed by atoms with van der Waals surface area (Å²) in [7, 11) is -1.87. The fourth-order valence-corrected chi connectivity index (χ4v) is 11.4. The first-order valence-corrected chi connectivity index (χ1v) is 32.6. The van der Waals surface area contributed by atoms with Crippen LogP contribution in [0.4, 0.5) is 40.5 Å². The maximum absolute atomic E-state index is 16.6. The average molecular weight is 1400 g/mol. The third-order valence-electron chi connectivity index (χ3n) is 14.2. The number of aromatic nitrogens is 8. The highest BCUT2D eigenvalue weighted by Crippen LogP contribution is 2.53. The fourth-order valence-electron chi connectivity index (χ4n) is 9.46. The quantitative estimate of drug-likeness (QED) is 0.0168. The SMILES string of the molecule is CC(C)C(NC(=O)CCOCCC(=O)ON1C(=O)CCC1=O)C(=O)NC(CCCNC(N)=O)C(=O)Nc1ccc(COC(=O)N(C)CCOC(=O)Nc2ncnc3c2ncn3C2OC(CO[P+](=O)O)C(OP(O)(=S)OC3CC(F)C(n4cnc5c(N)ncnc54)O3)C2F)cc1. The van der Waals surface area contributed by atoms with Gasteiger partial charge in [0.15, 0.2) is 59.5 Å². The molecular formula is C52H66F2N17O21P2S+. The highest BCUT2D eigenvalue weighted by Gasteiger charge is 2.52. The molecule has 43 heteroatoms. The summed E-state index contributed by atoms with van der Waals surface area (Å²) in [6.07, 6.45) is -10.4. The van der Waals surface area contributed by atoms with Gasteiger partial charge in [0.25, 0.3) is 11.8 Å². The molecule has 3 fully saturated rings. The topological polar surface area (TPSA) is 500 Å². The van der Waals surface area contributed by atoms with E-state index in [0.717, 1.165) is 28.4 Å². The van der Waals surface area contributed by atoms with Gasteiger partial charge in [0, 0.05) is 49.5 Å². The molecule has 0 bridgehead atoms. The van der Waals surface area contributed by atoms with Gasteiger partial charge in [-0.25, -0.2) is 57.9 Å². The Hall–Kier alpha value is -8.76. The van der Waals surface area contributed by atoms with E-state index in [-0.39, 0.29) is 118 Å². The molecule has 3 saturated heterocycles. The molecule has 514 valence electrons. The molecule has 3 aliphatic heterocycles. The lowest BCUT2D eigenvalue weighted by molar-refractivity contribution is -0.198. The van der Waals surface area contributed by atoms with Gasteiger partial charge in [0.2, 0.25) is 17.7 Å². The molecule has 0 radical (unpaired) electrons. The maximum atomic E-state index is 16.6. The number of hydrogen-bond acceptors (Lipinski definition) is 27. The minimum atomic E-state index is -4.57. The molecule has 8 rings (SSSR count). The number of hydrogen-bond donors (Lipinski definition) is 9. The Bertz CT molecular complexity index is 3680. The molecule has 38 nitrogen and oxygen atoms in total. The Balaban J connectivity index is 0.774. The number of nitrogen functional groups attached to an aromatic ring is 1. The number of imide groups is 1. The second-order valence-electron chi connectivity index (χ2n) is 21.4. The summed E-state index contributed by atoms with van der Waals surface area (Å²) >= 11 is 5.20. The first-order valence-electron chi connectivity index (χ1n) is 28.9. The van der Waals surface area contributed by atoms with Crippen LogP contribution in [0, 0.1) is 5.92 Å². The lowest BCUT2D eigenvalue weighted by Crippen LogP contribution is -2.54. The van der Waals surface area contributed by atoms with Crippen LogP contribution in [0.15, 0.2) is 49.6 Å². The molecule has 1 aromatic carbocycles. The number of halogens is 2. The molecule has 11 atom stereocenters. The molecule has 11 unspecified atom stereocenters. The molecular weight excluding hydrogens is 1330 g/mol. The van der Waals surface area contributed by atoms with E-state index in [0.29, 0.717) is 10.6 Å². The minimum absolute atomic E-state index is 0.0257. The largest absolute Gasteiger partial charge is 0.694 e. The van der Waals surface area contributed by atoms with Crippen LogP contribution in [-0.4, -0.2) is 202 Å². The number of anilines is 3. The molecule has 0 aliphatic carbocycles.